The smallest absolute Gasteiger partial charge is 0.254 e. The molecule has 4 aliphatic heterocycles. The average Bonchev–Trinajstić information content (AvgIpc) is 4.31. The number of anilines is 3. The number of rotatable bonds is 18. The van der Waals surface area contributed by atoms with E-state index in [1.54, 1.807) is 29.5 Å². The van der Waals surface area contributed by atoms with Crippen molar-refractivity contribution in [2.45, 2.75) is 122 Å². The highest BCUT2D eigenvalue weighted by atomic mass is 32.1. The van der Waals surface area contributed by atoms with Gasteiger partial charge in [-0.05, 0) is 123 Å². The van der Waals surface area contributed by atoms with Crippen LogP contribution in [-0.2, 0) is 9.59 Å². The van der Waals surface area contributed by atoms with Gasteiger partial charge in [0.1, 0.15) is 23.8 Å². The van der Waals surface area contributed by atoms with Crippen LogP contribution in [0, 0.1) is 30.6 Å². The third-order valence-electron chi connectivity index (χ3n) is 17.1. The molecule has 6 aromatic rings. The Morgan fingerprint density at radius 3 is 2.44 bits per heavy atom. The molecule has 19 heteroatoms. The SMILES string of the molecule is Cc1ncsc1-c1ccc([C@H](C)NC(=O)[C@@H]2C[C@@H](O)CN2C(=O)[C@@H](c2cc(OCC[C@@H]3CCN(CC4CC(Oc5cc(N6C7CCC6CN(c6cc(-c8ccccc8O)nnc6N)C7)ccn5)C4)C[C@@H]3C)no2)C(C)C)cc1. The number of aryl methyl sites for hydroxylation is 1. The van der Waals surface area contributed by atoms with Gasteiger partial charge in [0.25, 0.3) is 5.88 Å². The van der Waals surface area contributed by atoms with Crippen LogP contribution in [0.25, 0.3) is 21.7 Å². The molecule has 78 heavy (non-hydrogen) atoms. The highest BCUT2D eigenvalue weighted by Gasteiger charge is 2.45. The van der Waals surface area contributed by atoms with Crippen molar-refractivity contribution in [3.8, 4) is 39.2 Å². The largest absolute Gasteiger partial charge is 0.507 e. The summed E-state index contributed by atoms with van der Waals surface area (Å²) in [5.74, 6) is 2.13. The number of aliphatic hydroxyl groups excluding tert-OH is 1. The molecule has 5 fully saturated rings. The molecule has 1 aliphatic carbocycles. The molecule has 8 heterocycles. The zero-order valence-electron chi connectivity index (χ0n) is 45.3. The maximum atomic E-state index is 14.3. The van der Waals surface area contributed by atoms with E-state index in [9.17, 15) is 19.8 Å². The summed E-state index contributed by atoms with van der Waals surface area (Å²) in [5, 5.41) is 37.1. The number of aromatic nitrogens is 5. The van der Waals surface area contributed by atoms with Gasteiger partial charge in [0.2, 0.25) is 17.7 Å². The molecule has 5 N–H and O–H groups in total. The van der Waals surface area contributed by atoms with Crippen LogP contribution in [0.4, 0.5) is 17.2 Å². The van der Waals surface area contributed by atoms with Crippen LogP contribution in [-0.4, -0.2) is 133 Å². The van der Waals surface area contributed by atoms with Gasteiger partial charge in [-0.25, -0.2) is 9.97 Å². The molecule has 4 aromatic heterocycles. The first-order valence-corrected chi connectivity index (χ1v) is 28.8. The predicted octanol–water partition coefficient (Wildman–Crippen LogP) is 8.27. The number of ether oxygens (including phenoxy) is 2. The number of likely N-dealkylation sites (tertiary alicyclic amines) is 2. The van der Waals surface area contributed by atoms with Crippen LogP contribution in [0.15, 0.2) is 89.0 Å². The Balaban J connectivity index is 0.610. The van der Waals surface area contributed by atoms with E-state index in [2.05, 4.69) is 64.4 Å². The van der Waals surface area contributed by atoms with Gasteiger partial charge in [0.05, 0.1) is 46.2 Å². The van der Waals surface area contributed by atoms with Crippen LogP contribution < -0.4 is 30.3 Å². The van der Waals surface area contributed by atoms with Gasteiger partial charge in [-0.15, -0.1) is 21.5 Å². The number of carbonyl (C=O) groups is 2. The summed E-state index contributed by atoms with van der Waals surface area (Å²) >= 11 is 1.60. The molecule has 2 unspecified atom stereocenters. The lowest BCUT2D eigenvalue weighted by Crippen LogP contribution is -2.54. The molecule has 18 nitrogen and oxygen atoms in total. The number of pyridine rings is 1. The number of piperidine rings is 1. The van der Waals surface area contributed by atoms with Crippen LogP contribution in [0.1, 0.15) is 102 Å². The van der Waals surface area contributed by atoms with Crippen molar-refractivity contribution < 1.29 is 33.8 Å². The van der Waals surface area contributed by atoms with Gasteiger partial charge in [0.15, 0.2) is 11.6 Å². The highest BCUT2D eigenvalue weighted by molar-refractivity contribution is 7.13. The first-order chi connectivity index (χ1) is 37.7. The van der Waals surface area contributed by atoms with E-state index in [0.29, 0.717) is 71.0 Å². The lowest BCUT2D eigenvalue weighted by atomic mass is 9.80. The molecule has 0 spiro atoms. The quantitative estimate of drug-likeness (QED) is 0.0636. The van der Waals surface area contributed by atoms with E-state index < -0.39 is 18.1 Å². The minimum atomic E-state index is -0.821. The Bertz CT molecular complexity index is 3040. The van der Waals surface area contributed by atoms with E-state index in [0.717, 1.165) is 104 Å². The fourth-order valence-corrected chi connectivity index (χ4v) is 13.7. The minimum Gasteiger partial charge on any atom is -0.507 e. The summed E-state index contributed by atoms with van der Waals surface area (Å²) in [4.78, 5) is 47.2. The molecule has 1 saturated carbocycles. The standard InChI is InChI=1S/C59H73N11O7S/c1-34(2)55(59(74)69-32-45(71)25-50(69)58(73)63-36(4)40-10-12-41(13-11-40)56-37(5)62-33-78-56)52-27-54(66-77-52)75-21-18-39-17-20-67(28-35(39)3)29-38-22-46(23-38)76-53-24-42(16-19-61-53)70-43-14-15-44(70)31-68(30-43)49-26-48(64-65-57(49)60)47-8-6-7-9-51(47)72/h6-13,16,19,24,26-27,33-36,38-39,43-46,50,55,71-72H,14-15,17-18,20-23,25,28-32H2,1-5H3,(H2,60,65)(H,63,73)/t35-,36-,38?,39-,43?,44?,45+,46?,50-,55+/m0/s1. The zero-order valence-corrected chi connectivity index (χ0v) is 46.1. The fraction of sp³-hybridized carbons (Fsp3) is 0.508. The van der Waals surface area contributed by atoms with E-state index in [-0.39, 0.29) is 48.6 Å². The normalized spacial score (nSPS) is 25.0. The van der Waals surface area contributed by atoms with Crippen molar-refractivity contribution >= 4 is 40.3 Å². The average molecular weight is 1080 g/mol. The number of amides is 2. The molecular formula is C59H73N11O7S. The van der Waals surface area contributed by atoms with Crippen molar-refractivity contribution in [2.24, 2.45) is 23.7 Å². The van der Waals surface area contributed by atoms with Gasteiger partial charge in [-0.1, -0.05) is 57.2 Å². The second kappa shape index (κ2) is 22.9. The number of nitrogen functional groups attached to an aromatic ring is 1. The maximum absolute atomic E-state index is 14.3. The Kier molecular flexibility index (Phi) is 15.6. The number of phenolic OH excluding ortho intramolecular Hbond substituents is 1. The van der Waals surface area contributed by atoms with E-state index in [4.69, 9.17) is 19.7 Å². The predicted molar refractivity (Wildman–Crippen MR) is 299 cm³/mol. The number of phenols is 1. The number of fused-ring (bicyclic) bond motifs is 2. The van der Waals surface area contributed by atoms with E-state index >= 15 is 0 Å². The molecule has 2 bridgehead atoms. The Hall–Kier alpha value is -6.83. The Morgan fingerprint density at radius 1 is 0.923 bits per heavy atom. The first kappa shape index (κ1) is 53.2. The third kappa shape index (κ3) is 11.4. The molecule has 412 valence electrons. The van der Waals surface area contributed by atoms with Crippen molar-refractivity contribution in [1.82, 2.24) is 40.4 Å². The van der Waals surface area contributed by atoms with Crippen LogP contribution in [0.5, 0.6) is 17.5 Å². The number of nitrogens with two attached hydrogens (primary N) is 1. The summed E-state index contributed by atoms with van der Waals surface area (Å²) in [6, 6.07) is 22.6. The number of β-amino-alcohol motifs (C(OH)–C–C–N with tert-alkyl or cyclic N) is 1. The number of piperazine rings is 1. The number of nitrogens with zero attached hydrogens (tertiary/aromatic N) is 9. The lowest BCUT2D eigenvalue weighted by Gasteiger charge is -2.44. The summed E-state index contributed by atoms with van der Waals surface area (Å²) in [6.45, 7) is 15.5. The van der Waals surface area contributed by atoms with E-state index in [1.165, 1.54) is 4.90 Å². The molecule has 5 aliphatic rings. The summed E-state index contributed by atoms with van der Waals surface area (Å²) < 4.78 is 18.4. The number of aliphatic hydroxyl groups is 1. The number of nitrogens with one attached hydrogen (secondary N) is 1. The van der Waals surface area contributed by atoms with Gasteiger partial charge in [-0.3, -0.25) is 9.59 Å². The third-order valence-corrected chi connectivity index (χ3v) is 18.1. The molecule has 11 rings (SSSR count). The fourth-order valence-electron chi connectivity index (χ4n) is 12.9. The molecule has 0 radical (unpaired) electrons. The van der Waals surface area contributed by atoms with Crippen LogP contribution in [0.3, 0.4) is 0 Å². The van der Waals surface area contributed by atoms with Crippen molar-refractivity contribution in [1.29, 1.82) is 0 Å². The zero-order chi connectivity index (χ0) is 54.2. The minimum absolute atomic E-state index is 0.0620. The molecule has 8 atom stereocenters. The summed E-state index contributed by atoms with van der Waals surface area (Å²) in [6.07, 6.45) is 7.55. The number of hydrogen-bond acceptors (Lipinski definition) is 17. The Labute approximate surface area is 460 Å². The maximum Gasteiger partial charge on any atom is 0.254 e. The van der Waals surface area contributed by atoms with Crippen molar-refractivity contribution in [3.05, 3.63) is 102 Å². The highest BCUT2D eigenvalue weighted by Crippen LogP contribution is 2.41. The number of hydrogen-bond donors (Lipinski definition) is 4. The van der Waals surface area contributed by atoms with Crippen molar-refractivity contribution in [2.75, 3.05) is 61.4 Å². The number of benzene rings is 2. The van der Waals surface area contributed by atoms with Crippen molar-refractivity contribution in [3.63, 3.8) is 0 Å². The number of aromatic hydroxyl groups is 1. The summed E-state index contributed by atoms with van der Waals surface area (Å²) in [7, 11) is 0. The lowest BCUT2D eigenvalue weighted by molar-refractivity contribution is -0.141. The molecular weight excluding hydrogens is 1010 g/mol. The van der Waals surface area contributed by atoms with Gasteiger partial charge in [0, 0.05) is 80.8 Å². The van der Waals surface area contributed by atoms with Gasteiger partial charge >= 0.3 is 0 Å². The van der Waals surface area contributed by atoms with Crippen LogP contribution in [0.2, 0.25) is 0 Å². The topological polar surface area (TPSA) is 222 Å². The summed E-state index contributed by atoms with van der Waals surface area (Å²) in [5.41, 5.74) is 14.5. The van der Waals surface area contributed by atoms with Gasteiger partial charge in [-0.2, -0.15) is 0 Å². The first-order valence-electron chi connectivity index (χ1n) is 27.9. The molecule has 2 amide bonds. The van der Waals surface area contributed by atoms with Crippen LogP contribution >= 0.6 is 11.3 Å². The number of para-hydroxylation sites is 1. The Morgan fingerprint density at radius 2 is 1.71 bits per heavy atom. The second-order valence-electron chi connectivity index (χ2n) is 22.9. The monoisotopic (exact) mass is 1080 g/mol. The molecule has 2 aromatic carbocycles. The number of carbonyl (C=O) groups excluding carboxylic acids is 2. The van der Waals surface area contributed by atoms with E-state index in [1.807, 2.05) is 81.9 Å². The molecule has 4 saturated heterocycles. The number of thiazole rings is 1. The second-order valence-corrected chi connectivity index (χ2v) is 23.7. The van der Waals surface area contributed by atoms with Gasteiger partial charge < -0.3 is 54.9 Å².